The van der Waals surface area contributed by atoms with Crippen LogP contribution in [0.1, 0.15) is 54.7 Å². The summed E-state index contributed by atoms with van der Waals surface area (Å²) in [5.74, 6) is 0.522. The van der Waals surface area contributed by atoms with E-state index < -0.39 is 10.0 Å². The molecule has 2 saturated heterocycles. The maximum Gasteiger partial charge on any atom is 0.272 e. The van der Waals surface area contributed by atoms with Gasteiger partial charge in [0.25, 0.3) is 5.91 Å². The molecule has 0 radical (unpaired) electrons. The average Bonchev–Trinajstić information content (AvgIpc) is 3.77. The molecular formula is C40H39Cl2N7O3S. The Morgan fingerprint density at radius 1 is 0.906 bits per heavy atom. The van der Waals surface area contributed by atoms with Crippen molar-refractivity contribution >= 4 is 61.5 Å². The van der Waals surface area contributed by atoms with E-state index in [0.717, 1.165) is 40.7 Å². The number of imidazole rings is 1. The van der Waals surface area contributed by atoms with E-state index in [0.29, 0.717) is 70.8 Å². The first-order valence-corrected chi connectivity index (χ1v) is 20.2. The highest BCUT2D eigenvalue weighted by atomic mass is 35.5. The molecule has 8 rings (SSSR count). The van der Waals surface area contributed by atoms with Crippen LogP contribution in [0.4, 0.5) is 11.5 Å². The third kappa shape index (κ3) is 6.94. The van der Waals surface area contributed by atoms with Gasteiger partial charge in [0, 0.05) is 63.9 Å². The second kappa shape index (κ2) is 14.6. The predicted octanol–water partition coefficient (Wildman–Crippen LogP) is 8.66. The van der Waals surface area contributed by atoms with Gasteiger partial charge in [-0.05, 0) is 74.6 Å². The zero-order valence-electron chi connectivity index (χ0n) is 29.2. The summed E-state index contributed by atoms with van der Waals surface area (Å²) >= 11 is 12.8. The molecule has 1 amide bonds. The first-order valence-electron chi connectivity index (χ1n) is 17.9. The fraction of sp³-hybridized carbons (Fsp3) is 0.275. The van der Waals surface area contributed by atoms with E-state index in [4.69, 9.17) is 33.2 Å². The number of nitrogens with one attached hydrogen (secondary N) is 2. The van der Waals surface area contributed by atoms with Gasteiger partial charge < -0.3 is 19.8 Å². The number of rotatable bonds is 8. The lowest BCUT2D eigenvalue weighted by Gasteiger charge is -2.40. The molecule has 272 valence electrons. The van der Waals surface area contributed by atoms with Crippen molar-refractivity contribution in [3.8, 4) is 22.5 Å². The summed E-state index contributed by atoms with van der Waals surface area (Å²) in [7, 11) is -3.22. The maximum atomic E-state index is 14.6. The van der Waals surface area contributed by atoms with E-state index in [1.807, 2.05) is 85.2 Å². The SMILES string of the molecule is C[C@@H](c1ccc(Cl)cc1)n1cnc(-c2ccccc2)c1-c1c(C(=O)Nc2cccnc2N2CCC(N3CCCCS3(=O)=O)CC2)[nH]c2cc(Cl)ccc12. The van der Waals surface area contributed by atoms with Crippen molar-refractivity contribution in [1.29, 1.82) is 0 Å². The highest BCUT2D eigenvalue weighted by molar-refractivity contribution is 7.89. The van der Waals surface area contributed by atoms with Crippen molar-refractivity contribution in [1.82, 2.24) is 23.8 Å². The van der Waals surface area contributed by atoms with Crippen LogP contribution in [0.25, 0.3) is 33.4 Å². The Hall–Kier alpha value is -4.68. The Bertz CT molecular complexity index is 2390. The molecule has 5 heterocycles. The number of carbonyl (C=O) groups is 1. The van der Waals surface area contributed by atoms with Crippen LogP contribution in [0.3, 0.4) is 0 Å². The number of piperidine rings is 1. The largest absolute Gasteiger partial charge is 0.355 e. The van der Waals surface area contributed by atoms with Crippen molar-refractivity contribution in [3.05, 3.63) is 119 Å². The molecular weight excluding hydrogens is 729 g/mol. The van der Waals surface area contributed by atoms with Gasteiger partial charge in [-0.25, -0.2) is 18.4 Å². The van der Waals surface area contributed by atoms with Crippen LogP contribution >= 0.6 is 23.2 Å². The molecule has 1 atom stereocenters. The monoisotopic (exact) mass is 767 g/mol. The number of H-pyrrole nitrogens is 1. The van der Waals surface area contributed by atoms with E-state index >= 15 is 0 Å². The zero-order chi connectivity index (χ0) is 36.7. The lowest BCUT2D eigenvalue weighted by molar-refractivity contribution is 0.102. The lowest BCUT2D eigenvalue weighted by atomic mass is 9.99. The average molecular weight is 769 g/mol. The molecule has 6 aromatic rings. The van der Waals surface area contributed by atoms with Crippen molar-refractivity contribution < 1.29 is 13.2 Å². The summed E-state index contributed by atoms with van der Waals surface area (Å²) in [6.45, 7) is 3.92. The Morgan fingerprint density at radius 2 is 1.66 bits per heavy atom. The Labute approximate surface area is 318 Å². The standard InChI is InChI=1S/C40H39Cl2N7O3S/c1-26(27-11-13-29(41)14-12-27)48-25-44-36(28-8-3-2-4-9-28)38(48)35-32-16-15-30(42)24-34(32)45-37(35)40(50)46-33-10-7-19-43-39(33)47-21-17-31(18-22-47)49-20-5-6-23-53(49,51)52/h2-4,7-16,19,24-26,31,45H,5-6,17-18,20-23H2,1H3,(H,46,50)/t26-/m0/s1. The Balaban J connectivity index is 1.17. The smallest absolute Gasteiger partial charge is 0.272 e. The molecule has 2 aliphatic heterocycles. The predicted molar refractivity (Wildman–Crippen MR) is 212 cm³/mol. The summed E-state index contributed by atoms with van der Waals surface area (Å²) in [5, 5.41) is 5.19. The molecule has 53 heavy (non-hydrogen) atoms. The number of aromatic amines is 1. The fourth-order valence-electron chi connectivity index (χ4n) is 7.71. The highest BCUT2D eigenvalue weighted by Gasteiger charge is 2.35. The highest BCUT2D eigenvalue weighted by Crippen LogP contribution is 2.42. The van der Waals surface area contributed by atoms with Crippen molar-refractivity contribution in [3.63, 3.8) is 0 Å². The normalized spacial score (nSPS) is 17.2. The van der Waals surface area contributed by atoms with E-state index in [2.05, 4.69) is 26.7 Å². The van der Waals surface area contributed by atoms with Gasteiger partial charge in [0.2, 0.25) is 10.0 Å². The summed E-state index contributed by atoms with van der Waals surface area (Å²) in [4.78, 5) is 29.8. The number of hydrogen-bond donors (Lipinski definition) is 2. The quantitative estimate of drug-likeness (QED) is 0.160. The third-order valence-corrected chi connectivity index (χ3v) is 12.9. The summed E-state index contributed by atoms with van der Waals surface area (Å²) < 4.78 is 29.4. The minimum absolute atomic E-state index is 0.0297. The molecule has 3 aromatic heterocycles. The number of sulfonamides is 1. The van der Waals surface area contributed by atoms with Crippen LogP contribution in [0.2, 0.25) is 10.0 Å². The topological polar surface area (TPSA) is 116 Å². The Morgan fingerprint density at radius 3 is 2.42 bits per heavy atom. The third-order valence-electron chi connectivity index (χ3n) is 10.4. The first-order chi connectivity index (χ1) is 25.7. The van der Waals surface area contributed by atoms with E-state index in [1.54, 1.807) is 16.6 Å². The second-order valence-electron chi connectivity index (χ2n) is 13.7. The van der Waals surface area contributed by atoms with E-state index in [9.17, 15) is 13.2 Å². The number of benzene rings is 3. The van der Waals surface area contributed by atoms with Crippen LogP contribution < -0.4 is 10.2 Å². The van der Waals surface area contributed by atoms with Gasteiger partial charge >= 0.3 is 0 Å². The zero-order valence-corrected chi connectivity index (χ0v) is 31.5. The minimum atomic E-state index is -3.22. The number of anilines is 2. The number of hydrogen-bond acceptors (Lipinski definition) is 6. The molecule has 2 N–H and O–H groups in total. The fourth-order valence-corrected chi connectivity index (χ4v) is 9.89. The van der Waals surface area contributed by atoms with Gasteiger partial charge in [0.05, 0.1) is 35.2 Å². The van der Waals surface area contributed by atoms with Crippen LogP contribution in [0.15, 0.2) is 97.5 Å². The van der Waals surface area contributed by atoms with Crippen LogP contribution in [0.5, 0.6) is 0 Å². The van der Waals surface area contributed by atoms with Crippen LogP contribution in [0, 0.1) is 0 Å². The summed E-state index contributed by atoms with van der Waals surface area (Å²) in [6, 6.07) is 26.7. The number of carbonyl (C=O) groups excluding carboxylic acids is 1. The number of halogens is 2. The van der Waals surface area contributed by atoms with Gasteiger partial charge in [-0.3, -0.25) is 4.79 Å². The lowest BCUT2D eigenvalue weighted by Crippen LogP contribution is -2.50. The minimum Gasteiger partial charge on any atom is -0.355 e. The van der Waals surface area contributed by atoms with Crippen molar-refractivity contribution in [2.24, 2.45) is 0 Å². The molecule has 10 nitrogen and oxygen atoms in total. The first kappa shape index (κ1) is 35.4. The van der Waals surface area contributed by atoms with Crippen LogP contribution in [-0.2, 0) is 10.0 Å². The summed E-state index contributed by atoms with van der Waals surface area (Å²) in [5.41, 5.74) is 5.78. The van der Waals surface area contributed by atoms with Crippen molar-refractivity contribution in [2.45, 2.75) is 44.7 Å². The molecule has 2 fully saturated rings. The van der Waals surface area contributed by atoms with Crippen molar-refractivity contribution in [2.75, 3.05) is 35.6 Å². The van der Waals surface area contributed by atoms with Gasteiger partial charge in [0.1, 0.15) is 5.69 Å². The molecule has 0 aliphatic carbocycles. The van der Waals surface area contributed by atoms with Gasteiger partial charge in [-0.2, -0.15) is 4.31 Å². The van der Waals surface area contributed by atoms with Gasteiger partial charge in [-0.15, -0.1) is 0 Å². The molecule has 0 spiro atoms. The summed E-state index contributed by atoms with van der Waals surface area (Å²) in [6.07, 6.45) is 6.53. The van der Waals surface area contributed by atoms with Crippen LogP contribution in [-0.4, -0.2) is 69.6 Å². The maximum absolute atomic E-state index is 14.6. The van der Waals surface area contributed by atoms with E-state index in [1.165, 1.54) is 0 Å². The molecule has 0 unspecified atom stereocenters. The molecule has 3 aromatic carbocycles. The second-order valence-corrected chi connectivity index (χ2v) is 16.6. The molecule has 2 aliphatic rings. The van der Waals surface area contributed by atoms with Gasteiger partial charge in [-0.1, -0.05) is 71.7 Å². The van der Waals surface area contributed by atoms with Gasteiger partial charge in [0.15, 0.2) is 5.82 Å². The number of amides is 1. The number of nitrogens with zero attached hydrogens (tertiary/aromatic N) is 5. The van der Waals surface area contributed by atoms with E-state index in [-0.39, 0.29) is 23.7 Å². The number of aromatic nitrogens is 4. The molecule has 13 heteroatoms. The molecule has 0 bridgehead atoms. The number of fused-ring (bicyclic) bond motifs is 1. The number of pyridine rings is 1. The molecule has 0 saturated carbocycles. The Kier molecular flexibility index (Phi) is 9.76.